The third-order valence-electron chi connectivity index (χ3n) is 4.94. The van der Waals surface area contributed by atoms with Gasteiger partial charge in [-0.05, 0) is 36.2 Å². The van der Waals surface area contributed by atoms with Crippen molar-refractivity contribution in [2.24, 2.45) is 0 Å². The lowest BCUT2D eigenvalue weighted by Gasteiger charge is -2.25. The molecule has 1 aliphatic heterocycles. The van der Waals surface area contributed by atoms with Gasteiger partial charge in [0, 0.05) is 18.1 Å². The number of carbonyl (C=O) groups excluding carboxylic acids is 1. The Morgan fingerprint density at radius 1 is 1.26 bits per heavy atom. The molecule has 0 saturated carbocycles. The van der Waals surface area contributed by atoms with E-state index >= 15 is 0 Å². The van der Waals surface area contributed by atoms with E-state index in [4.69, 9.17) is 4.74 Å². The van der Waals surface area contributed by atoms with Crippen LogP contribution in [-0.4, -0.2) is 27.6 Å². The summed E-state index contributed by atoms with van der Waals surface area (Å²) in [5.74, 6) is -0.404. The number of halogens is 1. The van der Waals surface area contributed by atoms with Crippen molar-refractivity contribution in [2.75, 3.05) is 11.9 Å². The number of thioether (sulfide) groups is 1. The quantitative estimate of drug-likeness (QED) is 0.397. The van der Waals surface area contributed by atoms with Crippen LogP contribution in [0.1, 0.15) is 36.0 Å². The standard InChI is InChI=1S/C22H20FN3O4S/c1-2-30-17-9-12(7-8-16(17)27)14-10-18(28)24-20-19(14)21(29)26-22(25-20)31-11-13-5-3-4-6-15(13)23/h3-9,14,27H,2,10-11H2,1H3,(H2,24,25,26,28,29)/t14-/m0/s1. The van der Waals surface area contributed by atoms with E-state index < -0.39 is 5.92 Å². The van der Waals surface area contributed by atoms with Crippen LogP contribution in [0.5, 0.6) is 11.5 Å². The number of aromatic hydroxyl groups is 1. The van der Waals surface area contributed by atoms with Crippen LogP contribution in [0.2, 0.25) is 0 Å². The number of nitrogens with zero attached hydrogens (tertiary/aromatic N) is 1. The van der Waals surface area contributed by atoms with Crippen molar-refractivity contribution in [3.05, 3.63) is 75.3 Å². The van der Waals surface area contributed by atoms with E-state index in [1.807, 2.05) is 0 Å². The molecule has 3 N–H and O–H groups in total. The zero-order chi connectivity index (χ0) is 22.0. The fourth-order valence-electron chi connectivity index (χ4n) is 3.48. The van der Waals surface area contributed by atoms with Crippen LogP contribution in [-0.2, 0) is 10.5 Å². The SMILES string of the molecule is CCOc1cc([C@@H]2CC(=O)Nc3nc(SCc4ccccc4F)[nH]c(=O)c32)ccc1O. The second-order valence-corrected chi connectivity index (χ2v) is 7.94. The van der Waals surface area contributed by atoms with Gasteiger partial charge in [0.1, 0.15) is 11.6 Å². The van der Waals surface area contributed by atoms with Gasteiger partial charge in [0.05, 0.1) is 12.2 Å². The first-order valence-corrected chi connectivity index (χ1v) is 10.7. The Morgan fingerprint density at radius 3 is 2.84 bits per heavy atom. The number of amides is 1. The summed E-state index contributed by atoms with van der Waals surface area (Å²) < 4.78 is 19.3. The zero-order valence-corrected chi connectivity index (χ0v) is 17.5. The van der Waals surface area contributed by atoms with Crippen LogP contribution in [0.25, 0.3) is 0 Å². The Kier molecular flexibility index (Phi) is 5.94. The molecule has 0 radical (unpaired) electrons. The highest BCUT2D eigenvalue weighted by Gasteiger charge is 2.31. The molecule has 160 valence electrons. The van der Waals surface area contributed by atoms with E-state index in [0.29, 0.717) is 23.3 Å². The third kappa shape index (κ3) is 4.41. The van der Waals surface area contributed by atoms with Crippen molar-refractivity contribution in [1.82, 2.24) is 9.97 Å². The summed E-state index contributed by atoms with van der Waals surface area (Å²) in [5, 5.41) is 12.9. The smallest absolute Gasteiger partial charge is 0.257 e. The predicted molar refractivity (Wildman–Crippen MR) is 115 cm³/mol. The van der Waals surface area contributed by atoms with Crippen molar-refractivity contribution in [1.29, 1.82) is 0 Å². The van der Waals surface area contributed by atoms with Gasteiger partial charge in [0.2, 0.25) is 5.91 Å². The average molecular weight is 441 g/mol. The Labute approximate surface area is 181 Å². The summed E-state index contributed by atoms with van der Waals surface area (Å²) in [6, 6.07) is 11.2. The number of hydrogen-bond acceptors (Lipinski definition) is 6. The lowest BCUT2D eigenvalue weighted by Crippen LogP contribution is -2.31. The molecular formula is C22H20FN3O4S. The number of ether oxygens (including phenoxy) is 1. The number of nitrogens with one attached hydrogen (secondary N) is 2. The second-order valence-electron chi connectivity index (χ2n) is 6.98. The first kappa shape index (κ1) is 20.9. The highest BCUT2D eigenvalue weighted by Crippen LogP contribution is 2.38. The molecule has 31 heavy (non-hydrogen) atoms. The van der Waals surface area contributed by atoms with Crippen molar-refractivity contribution in [3.8, 4) is 11.5 Å². The molecule has 0 saturated heterocycles. The Hall–Kier alpha value is -3.33. The van der Waals surface area contributed by atoms with Crippen LogP contribution in [0.4, 0.5) is 10.2 Å². The molecule has 0 bridgehead atoms. The third-order valence-corrected chi connectivity index (χ3v) is 5.86. The van der Waals surface area contributed by atoms with Gasteiger partial charge in [-0.1, -0.05) is 36.0 Å². The van der Waals surface area contributed by atoms with Gasteiger partial charge in [0.15, 0.2) is 16.7 Å². The molecule has 3 aromatic rings. The number of aromatic nitrogens is 2. The van der Waals surface area contributed by atoms with Crippen LogP contribution in [0.3, 0.4) is 0 Å². The van der Waals surface area contributed by atoms with E-state index in [1.54, 1.807) is 37.3 Å². The molecular weight excluding hydrogens is 421 g/mol. The maximum atomic E-state index is 13.9. The lowest BCUT2D eigenvalue weighted by molar-refractivity contribution is -0.116. The van der Waals surface area contributed by atoms with Crippen LogP contribution in [0, 0.1) is 5.82 Å². The summed E-state index contributed by atoms with van der Waals surface area (Å²) in [7, 11) is 0. The minimum Gasteiger partial charge on any atom is -0.504 e. The molecule has 1 amide bonds. The molecule has 0 fully saturated rings. The second kappa shape index (κ2) is 8.81. The Morgan fingerprint density at radius 2 is 2.06 bits per heavy atom. The van der Waals surface area contributed by atoms with Crippen molar-refractivity contribution >= 4 is 23.5 Å². The number of benzene rings is 2. The van der Waals surface area contributed by atoms with E-state index in [1.165, 1.54) is 23.9 Å². The van der Waals surface area contributed by atoms with Crippen molar-refractivity contribution in [2.45, 2.75) is 30.2 Å². The van der Waals surface area contributed by atoms with E-state index in [2.05, 4.69) is 15.3 Å². The molecule has 9 heteroatoms. The summed E-state index contributed by atoms with van der Waals surface area (Å²) in [5.41, 5.74) is 1.11. The summed E-state index contributed by atoms with van der Waals surface area (Å²) in [6.45, 7) is 2.16. The number of rotatable bonds is 6. The zero-order valence-electron chi connectivity index (χ0n) is 16.6. The molecule has 1 aromatic heterocycles. The topological polar surface area (TPSA) is 104 Å². The number of aromatic amines is 1. The normalized spacial score (nSPS) is 15.3. The molecule has 1 aliphatic rings. The number of phenolic OH excluding ortho intramolecular Hbond substituents is 1. The van der Waals surface area contributed by atoms with Gasteiger partial charge in [0.25, 0.3) is 5.56 Å². The number of carbonyl (C=O) groups is 1. The molecule has 4 rings (SSSR count). The van der Waals surface area contributed by atoms with Gasteiger partial charge in [-0.2, -0.15) is 0 Å². The molecule has 0 spiro atoms. The minimum atomic E-state index is -0.537. The lowest BCUT2D eigenvalue weighted by atomic mass is 9.86. The number of hydrogen-bond donors (Lipinski definition) is 3. The molecule has 0 aliphatic carbocycles. The highest BCUT2D eigenvalue weighted by atomic mass is 32.2. The van der Waals surface area contributed by atoms with Gasteiger partial charge in [-0.25, -0.2) is 9.37 Å². The number of phenols is 1. The number of H-pyrrole nitrogens is 1. The highest BCUT2D eigenvalue weighted by molar-refractivity contribution is 7.98. The van der Waals surface area contributed by atoms with Crippen LogP contribution in [0.15, 0.2) is 52.4 Å². The maximum absolute atomic E-state index is 13.9. The van der Waals surface area contributed by atoms with Crippen molar-refractivity contribution < 1.29 is 19.0 Å². The van der Waals surface area contributed by atoms with E-state index in [0.717, 1.165) is 0 Å². The van der Waals surface area contributed by atoms with Gasteiger partial charge in [-0.3, -0.25) is 9.59 Å². The first-order chi connectivity index (χ1) is 15.0. The minimum absolute atomic E-state index is 0.0157. The van der Waals surface area contributed by atoms with E-state index in [-0.39, 0.29) is 51.9 Å². The molecule has 0 unspecified atom stereocenters. The first-order valence-electron chi connectivity index (χ1n) is 9.72. The van der Waals surface area contributed by atoms with E-state index in [9.17, 15) is 19.1 Å². The number of fused-ring (bicyclic) bond motifs is 1. The summed E-state index contributed by atoms with van der Waals surface area (Å²) >= 11 is 1.17. The monoisotopic (exact) mass is 441 g/mol. The largest absolute Gasteiger partial charge is 0.504 e. The average Bonchev–Trinajstić information content (AvgIpc) is 2.74. The Bertz CT molecular complexity index is 1200. The molecule has 2 aromatic carbocycles. The maximum Gasteiger partial charge on any atom is 0.257 e. The molecule has 7 nitrogen and oxygen atoms in total. The van der Waals surface area contributed by atoms with Crippen LogP contribution >= 0.6 is 11.8 Å². The predicted octanol–water partition coefficient (Wildman–Crippen LogP) is 3.78. The molecule has 1 atom stereocenters. The van der Waals surface area contributed by atoms with Gasteiger partial charge >= 0.3 is 0 Å². The fraction of sp³-hybridized carbons (Fsp3) is 0.227. The Balaban J connectivity index is 1.67. The molecule has 2 heterocycles. The summed E-state index contributed by atoms with van der Waals surface area (Å²) in [4.78, 5) is 32.4. The summed E-state index contributed by atoms with van der Waals surface area (Å²) in [6.07, 6.45) is 0.0653. The van der Waals surface area contributed by atoms with Gasteiger partial charge < -0.3 is 20.1 Å². The van der Waals surface area contributed by atoms with Crippen molar-refractivity contribution in [3.63, 3.8) is 0 Å². The van der Waals surface area contributed by atoms with Gasteiger partial charge in [-0.15, -0.1) is 0 Å². The van der Waals surface area contributed by atoms with Crippen LogP contribution < -0.4 is 15.6 Å². The number of anilines is 1. The fourth-order valence-corrected chi connectivity index (χ4v) is 4.33.